The first kappa shape index (κ1) is 15.1. The first-order valence-electron chi connectivity index (χ1n) is 6.76. The average Bonchev–Trinajstić information content (AvgIpc) is 2.58. The van der Waals surface area contributed by atoms with Gasteiger partial charge in [-0.15, -0.1) is 0 Å². The summed E-state index contributed by atoms with van der Waals surface area (Å²) in [6.07, 6.45) is -1.53. The molecule has 2 rings (SSSR count). The monoisotopic (exact) mass is 282 g/mol. The van der Waals surface area contributed by atoms with Crippen molar-refractivity contribution in [1.82, 2.24) is 0 Å². The summed E-state index contributed by atoms with van der Waals surface area (Å²) in [7, 11) is 7.22. The molecule has 112 valence electrons. The molecule has 5 heteroatoms. The number of methoxy groups -OCH3 is 2. The number of quaternary nitrogens is 1. The molecular formula is C15H24NO4+. The van der Waals surface area contributed by atoms with Crippen molar-refractivity contribution in [3.05, 3.63) is 23.8 Å². The summed E-state index contributed by atoms with van der Waals surface area (Å²) < 4.78 is 11.1. The lowest BCUT2D eigenvalue weighted by Crippen LogP contribution is -2.46. The van der Waals surface area contributed by atoms with Crippen LogP contribution < -0.4 is 9.47 Å². The van der Waals surface area contributed by atoms with E-state index in [4.69, 9.17) is 9.47 Å². The Morgan fingerprint density at radius 3 is 2.05 bits per heavy atom. The van der Waals surface area contributed by atoms with Crippen molar-refractivity contribution in [2.45, 2.75) is 31.2 Å². The minimum Gasteiger partial charge on any atom is -0.493 e. The van der Waals surface area contributed by atoms with Gasteiger partial charge in [-0.2, -0.15) is 0 Å². The summed E-state index contributed by atoms with van der Waals surface area (Å²) in [6.45, 7) is 1.95. The summed E-state index contributed by atoms with van der Waals surface area (Å²) >= 11 is 0. The van der Waals surface area contributed by atoms with Gasteiger partial charge in [0.2, 0.25) is 0 Å². The van der Waals surface area contributed by atoms with Crippen LogP contribution in [-0.2, 0) is 0 Å². The van der Waals surface area contributed by atoms with Crippen LogP contribution in [0, 0.1) is 0 Å². The zero-order valence-electron chi connectivity index (χ0n) is 12.7. The summed E-state index contributed by atoms with van der Waals surface area (Å²) in [5, 5.41) is 20.5. The van der Waals surface area contributed by atoms with E-state index in [1.807, 2.05) is 39.2 Å². The normalized spacial score (nSPS) is 32.1. The van der Waals surface area contributed by atoms with E-state index >= 15 is 0 Å². The van der Waals surface area contributed by atoms with E-state index in [0.717, 1.165) is 5.56 Å². The fraction of sp³-hybridized carbons (Fsp3) is 0.600. The van der Waals surface area contributed by atoms with Gasteiger partial charge in [-0.1, -0.05) is 0 Å². The molecule has 1 fully saturated rings. The third-order valence-electron chi connectivity index (χ3n) is 4.68. The lowest BCUT2D eigenvalue weighted by atomic mass is 10.00. The maximum absolute atomic E-state index is 10.4. The third kappa shape index (κ3) is 2.16. The van der Waals surface area contributed by atoms with E-state index in [2.05, 4.69) is 0 Å². The van der Waals surface area contributed by atoms with Gasteiger partial charge in [0.05, 0.1) is 28.3 Å². The minimum atomic E-state index is -0.793. The Labute approximate surface area is 119 Å². The smallest absolute Gasteiger partial charge is 0.161 e. The van der Waals surface area contributed by atoms with Gasteiger partial charge < -0.3 is 24.2 Å². The molecule has 20 heavy (non-hydrogen) atoms. The molecule has 1 unspecified atom stereocenters. The molecule has 1 aromatic rings. The lowest BCUT2D eigenvalue weighted by Gasteiger charge is -2.36. The number of ether oxygens (including phenoxy) is 2. The van der Waals surface area contributed by atoms with Crippen molar-refractivity contribution < 1.29 is 24.2 Å². The highest BCUT2D eigenvalue weighted by atomic mass is 16.5. The molecule has 0 saturated carbocycles. The highest BCUT2D eigenvalue weighted by Gasteiger charge is 2.54. The van der Waals surface area contributed by atoms with Crippen LogP contribution in [0.4, 0.5) is 0 Å². The summed E-state index contributed by atoms with van der Waals surface area (Å²) in [6, 6.07) is 5.39. The number of rotatable bonds is 3. The third-order valence-corrected chi connectivity index (χ3v) is 4.68. The standard InChI is InChI=1S/C15H24NO4/c1-9-14(17)15(18)13(16(9,2)3)10-6-7-11(19-4)12(8-10)20-5/h6-9,13-15,17-18H,1-5H3/q+1/t9?,13-,14+,15+/m0/s1. The van der Waals surface area contributed by atoms with Crippen molar-refractivity contribution in [1.29, 1.82) is 0 Å². The predicted octanol–water partition coefficient (Wildman–Crippen LogP) is 0.945. The van der Waals surface area contributed by atoms with Gasteiger partial charge in [0.25, 0.3) is 0 Å². The van der Waals surface area contributed by atoms with E-state index < -0.39 is 12.2 Å². The largest absolute Gasteiger partial charge is 0.493 e. The number of aliphatic hydroxyl groups is 2. The Kier molecular flexibility index (Phi) is 3.95. The van der Waals surface area contributed by atoms with E-state index in [1.165, 1.54) is 0 Å². The SMILES string of the molecule is COc1ccc([C@H]2[C@@H](O)[C@H](O)C(C)[N+]2(C)C)cc1OC. The van der Waals surface area contributed by atoms with Crippen LogP contribution in [0.2, 0.25) is 0 Å². The average molecular weight is 282 g/mol. The van der Waals surface area contributed by atoms with Gasteiger partial charge in [0.1, 0.15) is 24.3 Å². The molecule has 0 aromatic heterocycles. The van der Waals surface area contributed by atoms with Crippen molar-refractivity contribution in [2.75, 3.05) is 28.3 Å². The van der Waals surface area contributed by atoms with Crippen LogP contribution in [0.25, 0.3) is 0 Å². The van der Waals surface area contributed by atoms with Crippen LogP contribution in [0.5, 0.6) is 11.5 Å². The molecule has 2 N–H and O–H groups in total. The van der Waals surface area contributed by atoms with Gasteiger partial charge >= 0.3 is 0 Å². The molecule has 1 aliphatic heterocycles. The molecule has 0 bridgehead atoms. The second kappa shape index (κ2) is 5.24. The molecule has 4 atom stereocenters. The molecule has 0 spiro atoms. The van der Waals surface area contributed by atoms with Crippen LogP contribution in [0.1, 0.15) is 18.5 Å². The van der Waals surface area contributed by atoms with Crippen molar-refractivity contribution >= 4 is 0 Å². The number of aliphatic hydroxyl groups excluding tert-OH is 2. The molecule has 1 heterocycles. The number of hydrogen-bond acceptors (Lipinski definition) is 4. The van der Waals surface area contributed by atoms with Crippen LogP contribution >= 0.6 is 0 Å². The highest BCUT2D eigenvalue weighted by molar-refractivity contribution is 5.44. The topological polar surface area (TPSA) is 58.9 Å². The molecule has 1 saturated heterocycles. The summed E-state index contributed by atoms with van der Waals surface area (Å²) in [5.74, 6) is 1.29. The summed E-state index contributed by atoms with van der Waals surface area (Å²) in [5.41, 5.74) is 0.934. The molecule has 0 aliphatic carbocycles. The second-order valence-electron chi connectivity index (χ2n) is 5.91. The number of benzene rings is 1. The number of nitrogens with zero attached hydrogens (tertiary/aromatic N) is 1. The predicted molar refractivity (Wildman–Crippen MR) is 75.9 cm³/mol. The van der Waals surface area contributed by atoms with E-state index in [9.17, 15) is 10.2 Å². The molecule has 1 aromatic carbocycles. The van der Waals surface area contributed by atoms with Gasteiger partial charge in [0.15, 0.2) is 11.5 Å². The van der Waals surface area contributed by atoms with Crippen molar-refractivity contribution in [3.63, 3.8) is 0 Å². The van der Waals surface area contributed by atoms with Crippen molar-refractivity contribution in [2.24, 2.45) is 0 Å². The van der Waals surface area contributed by atoms with E-state index in [-0.39, 0.29) is 12.1 Å². The fourth-order valence-electron chi connectivity index (χ4n) is 3.13. The quantitative estimate of drug-likeness (QED) is 0.810. The van der Waals surface area contributed by atoms with Crippen LogP contribution in [0.3, 0.4) is 0 Å². The fourth-order valence-corrected chi connectivity index (χ4v) is 3.13. The zero-order chi connectivity index (χ0) is 15.1. The Bertz CT molecular complexity index is 489. The molecule has 0 radical (unpaired) electrons. The number of likely N-dealkylation sites (tertiary alicyclic amines) is 1. The maximum atomic E-state index is 10.4. The van der Waals surface area contributed by atoms with Gasteiger partial charge in [-0.05, 0) is 25.1 Å². The number of likely N-dealkylation sites (N-methyl/N-ethyl adjacent to an activating group) is 1. The van der Waals surface area contributed by atoms with Crippen LogP contribution in [0.15, 0.2) is 18.2 Å². The first-order chi connectivity index (χ1) is 9.34. The van der Waals surface area contributed by atoms with Gasteiger partial charge in [-0.3, -0.25) is 0 Å². The van der Waals surface area contributed by atoms with E-state index in [1.54, 1.807) is 14.2 Å². The lowest BCUT2D eigenvalue weighted by molar-refractivity contribution is -0.931. The van der Waals surface area contributed by atoms with Crippen LogP contribution in [-0.4, -0.2) is 61.3 Å². The molecule has 1 aliphatic rings. The summed E-state index contributed by atoms with van der Waals surface area (Å²) in [4.78, 5) is 0. The second-order valence-corrected chi connectivity index (χ2v) is 5.91. The first-order valence-corrected chi connectivity index (χ1v) is 6.76. The molecule has 5 nitrogen and oxygen atoms in total. The van der Waals surface area contributed by atoms with Gasteiger partial charge in [-0.25, -0.2) is 0 Å². The van der Waals surface area contributed by atoms with E-state index in [0.29, 0.717) is 16.0 Å². The zero-order valence-corrected chi connectivity index (χ0v) is 12.7. The minimum absolute atomic E-state index is 0.0388. The van der Waals surface area contributed by atoms with Gasteiger partial charge in [0, 0.05) is 5.56 Å². The Balaban J connectivity index is 2.45. The molecule has 0 amide bonds. The Morgan fingerprint density at radius 2 is 1.60 bits per heavy atom. The molecular weight excluding hydrogens is 258 g/mol. The Hall–Kier alpha value is -1.30. The number of hydrogen-bond donors (Lipinski definition) is 2. The Morgan fingerprint density at radius 1 is 1.00 bits per heavy atom. The highest BCUT2D eigenvalue weighted by Crippen LogP contribution is 2.42. The van der Waals surface area contributed by atoms with Crippen molar-refractivity contribution in [3.8, 4) is 11.5 Å². The maximum Gasteiger partial charge on any atom is 0.161 e.